The van der Waals surface area contributed by atoms with Crippen LogP contribution in [0.15, 0.2) is 6.20 Å². The lowest BCUT2D eigenvalue weighted by Crippen LogP contribution is -2.52. The fourth-order valence-corrected chi connectivity index (χ4v) is 2.17. The van der Waals surface area contributed by atoms with Crippen LogP contribution in [0.1, 0.15) is 36.1 Å². The Morgan fingerprint density at radius 2 is 2.24 bits per heavy atom. The first kappa shape index (κ1) is 15.7. The highest BCUT2D eigenvalue weighted by atomic mass is 35.5. The molecule has 2 heterocycles. The molecule has 0 aliphatic carbocycles. The maximum atomic E-state index is 12.5. The van der Waals surface area contributed by atoms with Crippen LogP contribution in [0.4, 0.5) is 0 Å². The van der Waals surface area contributed by atoms with Crippen LogP contribution in [0.5, 0.6) is 0 Å². The van der Waals surface area contributed by atoms with Gasteiger partial charge < -0.3 is 14.7 Å². The molecule has 1 N–H and O–H groups in total. The van der Waals surface area contributed by atoms with E-state index in [4.69, 9.17) is 16.3 Å². The lowest BCUT2D eigenvalue weighted by molar-refractivity contribution is -0.147. The topological polar surface area (TPSA) is 92.6 Å². The molecule has 1 aliphatic rings. The van der Waals surface area contributed by atoms with E-state index < -0.39 is 17.9 Å². The Morgan fingerprint density at radius 1 is 1.52 bits per heavy atom. The molecule has 7 nitrogen and oxygen atoms in total. The van der Waals surface area contributed by atoms with Crippen LogP contribution >= 0.6 is 11.6 Å². The Hall–Kier alpha value is -1.73. The van der Waals surface area contributed by atoms with Crippen LogP contribution in [0.25, 0.3) is 0 Å². The number of amides is 1. The van der Waals surface area contributed by atoms with Gasteiger partial charge in [-0.1, -0.05) is 25.4 Å². The van der Waals surface area contributed by atoms with Crippen LogP contribution in [-0.2, 0) is 9.53 Å². The summed E-state index contributed by atoms with van der Waals surface area (Å²) in [7, 11) is 0. The van der Waals surface area contributed by atoms with Crippen LogP contribution in [0, 0.1) is 0 Å². The van der Waals surface area contributed by atoms with Crippen molar-refractivity contribution in [2.45, 2.75) is 25.8 Å². The Balaban J connectivity index is 2.34. The highest BCUT2D eigenvalue weighted by molar-refractivity contribution is 6.33. The van der Waals surface area contributed by atoms with E-state index in [1.165, 1.54) is 11.1 Å². The van der Waals surface area contributed by atoms with Crippen LogP contribution in [0.2, 0.25) is 5.02 Å². The molecular weight excluding hydrogens is 298 g/mol. The van der Waals surface area contributed by atoms with Crippen molar-refractivity contribution in [3.8, 4) is 0 Å². The second kappa shape index (κ2) is 6.36. The van der Waals surface area contributed by atoms with Crippen LogP contribution in [0.3, 0.4) is 0 Å². The number of carboxylic acid groups (broad SMARTS) is 1. The van der Waals surface area contributed by atoms with E-state index in [0.717, 1.165) is 0 Å². The number of ether oxygens (including phenoxy) is 1. The number of morpholine rings is 1. The average molecular weight is 314 g/mol. The van der Waals surface area contributed by atoms with Gasteiger partial charge in [-0.25, -0.2) is 14.8 Å². The summed E-state index contributed by atoms with van der Waals surface area (Å²) >= 11 is 5.99. The van der Waals surface area contributed by atoms with Crippen LogP contribution in [-0.4, -0.2) is 57.7 Å². The van der Waals surface area contributed by atoms with Gasteiger partial charge in [0.15, 0.2) is 11.7 Å². The number of halogens is 1. The van der Waals surface area contributed by atoms with Gasteiger partial charge in [0.05, 0.1) is 24.4 Å². The van der Waals surface area contributed by atoms with Crippen LogP contribution < -0.4 is 0 Å². The van der Waals surface area contributed by atoms with E-state index in [1.54, 1.807) is 0 Å². The highest BCUT2D eigenvalue weighted by Gasteiger charge is 2.34. The molecule has 0 unspecified atom stereocenters. The molecule has 114 valence electrons. The summed E-state index contributed by atoms with van der Waals surface area (Å²) in [5, 5.41) is 9.29. The maximum Gasteiger partial charge on any atom is 0.328 e. The second-order valence-corrected chi connectivity index (χ2v) is 5.41. The quantitative estimate of drug-likeness (QED) is 0.900. The zero-order valence-electron chi connectivity index (χ0n) is 11.7. The van der Waals surface area contributed by atoms with Crippen molar-refractivity contribution < 1.29 is 19.4 Å². The minimum Gasteiger partial charge on any atom is -0.480 e. The van der Waals surface area contributed by atoms with Gasteiger partial charge in [0.2, 0.25) is 0 Å². The summed E-state index contributed by atoms with van der Waals surface area (Å²) in [6.07, 6.45) is 1.37. The fourth-order valence-electron chi connectivity index (χ4n) is 2.00. The summed E-state index contributed by atoms with van der Waals surface area (Å²) in [4.78, 5) is 33.2. The number of carboxylic acids is 1. The zero-order chi connectivity index (χ0) is 15.6. The van der Waals surface area contributed by atoms with Crippen molar-refractivity contribution in [2.75, 3.05) is 19.8 Å². The number of aromatic nitrogens is 2. The molecule has 21 heavy (non-hydrogen) atoms. The summed E-state index contributed by atoms with van der Waals surface area (Å²) in [6.45, 7) is 4.22. The SMILES string of the molecule is CC(C)c1ncc(Cl)c(C(=O)N2CCOC[C@H]2C(=O)O)n1. The minimum atomic E-state index is -1.11. The van der Waals surface area contributed by atoms with Gasteiger partial charge in [0.25, 0.3) is 5.91 Å². The summed E-state index contributed by atoms with van der Waals surface area (Å²) in [5.41, 5.74) is 0.0310. The molecule has 1 saturated heterocycles. The zero-order valence-corrected chi connectivity index (χ0v) is 12.5. The van der Waals surface area contributed by atoms with Gasteiger partial charge in [-0.05, 0) is 0 Å². The Bertz CT molecular complexity index is 564. The largest absolute Gasteiger partial charge is 0.480 e. The standard InChI is InChI=1S/C13H16ClN3O4/c1-7(2)11-15-5-8(14)10(16-11)12(18)17-3-4-21-6-9(17)13(19)20/h5,7,9H,3-4,6H2,1-2H3,(H,19,20)/t9-/m0/s1. The molecular formula is C13H16ClN3O4. The highest BCUT2D eigenvalue weighted by Crippen LogP contribution is 2.20. The first-order valence-corrected chi connectivity index (χ1v) is 6.93. The molecule has 1 amide bonds. The number of hydrogen-bond donors (Lipinski definition) is 1. The molecule has 1 aromatic heterocycles. The Morgan fingerprint density at radius 3 is 2.86 bits per heavy atom. The average Bonchev–Trinajstić information content (AvgIpc) is 2.46. The summed E-state index contributed by atoms with van der Waals surface area (Å²) < 4.78 is 5.11. The van der Waals surface area contributed by atoms with Gasteiger partial charge in [0, 0.05) is 12.5 Å². The fraction of sp³-hybridized carbons (Fsp3) is 0.538. The van der Waals surface area contributed by atoms with Crippen molar-refractivity contribution in [2.24, 2.45) is 0 Å². The van der Waals surface area contributed by atoms with Crippen molar-refractivity contribution >= 4 is 23.5 Å². The maximum absolute atomic E-state index is 12.5. The molecule has 1 aromatic rings. The molecule has 0 spiro atoms. The summed E-state index contributed by atoms with van der Waals surface area (Å²) in [5.74, 6) is -1.10. The van der Waals surface area contributed by atoms with Crippen molar-refractivity contribution in [3.05, 3.63) is 22.7 Å². The lowest BCUT2D eigenvalue weighted by atomic mass is 10.2. The first-order valence-electron chi connectivity index (χ1n) is 6.55. The van der Waals surface area contributed by atoms with E-state index >= 15 is 0 Å². The smallest absolute Gasteiger partial charge is 0.328 e. The van der Waals surface area contributed by atoms with Gasteiger partial charge in [-0.3, -0.25) is 4.79 Å². The van der Waals surface area contributed by atoms with Crippen molar-refractivity contribution in [1.82, 2.24) is 14.9 Å². The number of carbonyl (C=O) groups is 2. The molecule has 0 aromatic carbocycles. The minimum absolute atomic E-state index is 0.0310. The van der Waals surface area contributed by atoms with E-state index in [-0.39, 0.29) is 36.4 Å². The lowest BCUT2D eigenvalue weighted by Gasteiger charge is -2.32. The van der Waals surface area contributed by atoms with Crippen molar-refractivity contribution in [3.63, 3.8) is 0 Å². The summed E-state index contributed by atoms with van der Waals surface area (Å²) in [6, 6.07) is -1.03. The number of rotatable bonds is 3. The number of hydrogen-bond acceptors (Lipinski definition) is 5. The van der Waals surface area contributed by atoms with E-state index in [2.05, 4.69) is 9.97 Å². The normalized spacial score (nSPS) is 18.9. The third-order valence-corrected chi connectivity index (χ3v) is 3.43. The Labute approximate surface area is 126 Å². The molecule has 1 fully saturated rings. The monoisotopic (exact) mass is 313 g/mol. The molecule has 1 aliphatic heterocycles. The van der Waals surface area contributed by atoms with Crippen molar-refractivity contribution in [1.29, 1.82) is 0 Å². The number of nitrogens with zero attached hydrogens (tertiary/aromatic N) is 3. The molecule has 0 radical (unpaired) electrons. The van der Waals surface area contributed by atoms with Gasteiger partial charge in [0.1, 0.15) is 5.82 Å². The number of aliphatic carboxylic acids is 1. The first-order chi connectivity index (χ1) is 9.91. The van der Waals surface area contributed by atoms with Gasteiger partial charge in [-0.15, -0.1) is 0 Å². The predicted molar refractivity (Wildman–Crippen MR) is 74.4 cm³/mol. The molecule has 1 atom stereocenters. The third-order valence-electron chi connectivity index (χ3n) is 3.16. The third kappa shape index (κ3) is 3.30. The second-order valence-electron chi connectivity index (χ2n) is 5.01. The molecule has 2 rings (SSSR count). The van der Waals surface area contributed by atoms with Gasteiger partial charge in [-0.2, -0.15) is 0 Å². The van der Waals surface area contributed by atoms with E-state index in [9.17, 15) is 14.7 Å². The van der Waals surface area contributed by atoms with Gasteiger partial charge >= 0.3 is 5.97 Å². The molecule has 0 bridgehead atoms. The van der Waals surface area contributed by atoms with E-state index in [1.807, 2.05) is 13.8 Å². The van der Waals surface area contributed by atoms with E-state index in [0.29, 0.717) is 5.82 Å². The molecule has 8 heteroatoms. The number of carbonyl (C=O) groups excluding carboxylic acids is 1. The molecule has 0 saturated carbocycles. The Kier molecular flexibility index (Phi) is 4.74. The predicted octanol–water partition coefficient (Wildman–Crippen LogP) is 1.18.